The fourth-order valence-corrected chi connectivity index (χ4v) is 8.11. The normalized spacial score (nSPS) is 14.5. The molecule has 0 saturated carbocycles. The van der Waals surface area contributed by atoms with Gasteiger partial charge in [0, 0.05) is 106 Å². The number of amides is 4. The van der Waals surface area contributed by atoms with Gasteiger partial charge in [0.1, 0.15) is 29.9 Å². The van der Waals surface area contributed by atoms with Gasteiger partial charge in [-0.3, -0.25) is 58.0 Å². The molecule has 10 N–H and O–H groups in total. The van der Waals surface area contributed by atoms with Gasteiger partial charge in [-0.1, -0.05) is 41.9 Å². The molecular weight excluding hydrogens is 1060 g/mol. The first kappa shape index (κ1) is 62.0. The summed E-state index contributed by atoms with van der Waals surface area (Å²) in [4.78, 5) is 105. The Morgan fingerprint density at radius 3 is 1.70 bits per heavy atom. The predicted molar refractivity (Wildman–Crippen MR) is 262 cm³/mol. The number of hydrogen-bond donors (Lipinski definition) is 10. The van der Waals surface area contributed by atoms with Crippen LogP contribution in [-0.4, -0.2) is 209 Å². The zero-order chi connectivity index (χ0) is 53.5. The standard InChI is InChI=1S/C47H59Cl2N8O16.Co/c48-36-23-32(24-37(49)43(36)46(69)52-7-6-51-44(67)31-21-33(58)25-34(59)22-31)45(68)53-26-30-2-1-3-35(20-30)73-19-18-72-17-8-50-39(60)5-4-38(47(70)71)57-15-13-55(28-41(63)64)11-9-54(27-40(61)62)10-12-56(14-16-57)29-42(65)66;/h1-3,7,20-25,38,58-59H,4-6,8-19,26-29H2,(H,50,60)(H,51,67)(H,52,69)(H,53,68)(H,61,62)(H,63,64)(H,65,66)(H,70,71);/q-1;. The summed E-state index contributed by atoms with van der Waals surface area (Å²) in [5.74, 6) is -6.95. The number of rotatable bonds is 26. The van der Waals surface area contributed by atoms with Gasteiger partial charge in [-0.25, -0.2) is 6.54 Å². The summed E-state index contributed by atoms with van der Waals surface area (Å²) in [6.07, 6.45) is -0.255. The van der Waals surface area contributed by atoms with E-state index in [-0.39, 0.29) is 179 Å². The van der Waals surface area contributed by atoms with Crippen molar-refractivity contribution in [3.63, 3.8) is 0 Å². The van der Waals surface area contributed by atoms with Crippen molar-refractivity contribution in [2.45, 2.75) is 25.4 Å². The number of nitrogens with one attached hydrogen (secondary N) is 4. The molecule has 3 aromatic rings. The molecule has 1 radical (unpaired) electrons. The third kappa shape index (κ3) is 22.4. The molecule has 1 saturated heterocycles. The number of carboxylic acids is 4. The topological polar surface area (TPSA) is 337 Å². The number of carboxylic acid groups (broad SMARTS) is 4. The molecule has 24 nitrogen and oxygen atoms in total. The maximum atomic E-state index is 13.0. The molecule has 1 fully saturated rings. The molecule has 4 rings (SSSR count). The molecule has 1 aliphatic rings. The average molecular weight is 1120 g/mol. The second kappa shape index (κ2) is 32.1. The second-order valence-corrected chi connectivity index (χ2v) is 17.3. The fourth-order valence-electron chi connectivity index (χ4n) is 7.45. The Morgan fingerprint density at radius 2 is 1.16 bits per heavy atom. The molecule has 0 aromatic heterocycles. The van der Waals surface area contributed by atoms with Crippen molar-refractivity contribution in [2.75, 3.05) is 105 Å². The minimum atomic E-state index is -1.21. The van der Waals surface area contributed by atoms with E-state index in [0.717, 1.165) is 18.2 Å². The number of nitrogens with zero attached hydrogens (tertiary/aromatic N) is 4. The molecule has 1 heterocycles. The Labute approximate surface area is 446 Å². The molecule has 74 heavy (non-hydrogen) atoms. The van der Waals surface area contributed by atoms with Crippen LogP contribution in [0.25, 0.3) is 0 Å². The SMILES string of the molecule is O=C(O)CN1CCN(CC(=O)O)CCN(C(CCC(=O)NCCOCCOc2cccc(CNC(=O)c3cc(Cl)c(C(=O)N[CH-]CNC(=O)c4cc(O)cc(O)c4)c(Cl)c3)c2)C(=O)O)CCN(CC(=O)O)CC1.[Co]. The molecule has 4 amide bonds. The first-order valence-electron chi connectivity index (χ1n) is 22.8. The van der Waals surface area contributed by atoms with Crippen LogP contribution in [0.4, 0.5) is 0 Å². The van der Waals surface area contributed by atoms with Gasteiger partial charge in [-0.15, -0.1) is 0 Å². The zero-order valence-corrected chi connectivity index (χ0v) is 42.5. The van der Waals surface area contributed by atoms with Crippen molar-refractivity contribution in [3.8, 4) is 17.2 Å². The number of halogens is 2. The van der Waals surface area contributed by atoms with E-state index in [2.05, 4.69) is 21.3 Å². The summed E-state index contributed by atoms with van der Waals surface area (Å²) in [5.41, 5.74) is 0.654. The van der Waals surface area contributed by atoms with Gasteiger partial charge in [-0.05, 0) is 48.4 Å². The van der Waals surface area contributed by atoms with Gasteiger partial charge in [0.25, 0.3) is 5.91 Å². The fraction of sp³-hybridized carbons (Fsp3) is 0.426. The molecule has 1 unspecified atom stereocenters. The summed E-state index contributed by atoms with van der Waals surface area (Å²) >= 11 is 12.7. The van der Waals surface area contributed by atoms with Crippen LogP contribution in [-0.2, 0) is 52.0 Å². The van der Waals surface area contributed by atoms with Crippen molar-refractivity contribution in [1.82, 2.24) is 40.9 Å². The number of hydrogen-bond acceptors (Lipinski definition) is 16. The van der Waals surface area contributed by atoms with Gasteiger partial charge in [0.2, 0.25) is 17.7 Å². The van der Waals surface area contributed by atoms with Crippen molar-refractivity contribution in [1.29, 1.82) is 0 Å². The average Bonchev–Trinajstić information content (AvgIpc) is 3.31. The Hall–Kier alpha value is -6.29. The third-order valence-corrected chi connectivity index (χ3v) is 11.6. The molecule has 1 aliphatic heterocycles. The number of carbonyl (C=O) groups is 8. The largest absolute Gasteiger partial charge is 0.508 e. The predicted octanol–water partition coefficient (Wildman–Crippen LogP) is 0.874. The van der Waals surface area contributed by atoms with Crippen LogP contribution in [0.1, 0.15) is 49.5 Å². The van der Waals surface area contributed by atoms with E-state index in [9.17, 15) is 69.0 Å². The van der Waals surface area contributed by atoms with Gasteiger partial charge in [-0.2, -0.15) is 0 Å². The Bertz CT molecular complexity index is 2350. The van der Waals surface area contributed by atoms with Crippen molar-refractivity contribution < 1.29 is 95.2 Å². The molecule has 27 heteroatoms. The van der Waals surface area contributed by atoms with Gasteiger partial charge in [0.05, 0.1) is 48.5 Å². The van der Waals surface area contributed by atoms with Gasteiger partial charge >= 0.3 is 23.9 Å². The number of aliphatic carboxylic acids is 4. The summed E-state index contributed by atoms with van der Waals surface area (Å²) in [6.45, 7) is 1.78. The first-order chi connectivity index (χ1) is 34.8. The summed E-state index contributed by atoms with van der Waals surface area (Å²) < 4.78 is 11.4. The number of phenols is 2. The zero-order valence-electron chi connectivity index (χ0n) is 39.9. The van der Waals surface area contributed by atoms with Crippen LogP contribution in [0.5, 0.6) is 17.2 Å². The number of ether oxygens (including phenoxy) is 2. The van der Waals surface area contributed by atoms with E-state index < -0.39 is 53.5 Å². The van der Waals surface area contributed by atoms with Crippen LogP contribution in [0.3, 0.4) is 0 Å². The Balaban J connectivity index is 0.0000144. The smallest absolute Gasteiger partial charge is 0.320 e. The molecular formula is C47H59Cl2CoN8O16-. The number of aromatic hydroxyl groups is 2. The monoisotopic (exact) mass is 1120 g/mol. The van der Waals surface area contributed by atoms with E-state index in [1.807, 2.05) is 0 Å². The number of phenolic OH excluding ortho intramolecular Hbond substituents is 2. The van der Waals surface area contributed by atoms with E-state index in [1.165, 1.54) is 18.7 Å². The maximum absolute atomic E-state index is 13.0. The quantitative estimate of drug-likeness (QED) is 0.0394. The van der Waals surface area contributed by atoms with Crippen molar-refractivity contribution in [3.05, 3.63) is 93.4 Å². The molecule has 407 valence electrons. The van der Waals surface area contributed by atoms with E-state index >= 15 is 0 Å². The summed E-state index contributed by atoms with van der Waals surface area (Å²) in [6, 6.07) is 11.7. The molecule has 1 atom stereocenters. The van der Waals surface area contributed by atoms with Crippen LogP contribution < -0.4 is 26.0 Å². The van der Waals surface area contributed by atoms with E-state index in [4.69, 9.17) is 32.7 Å². The Morgan fingerprint density at radius 1 is 0.635 bits per heavy atom. The van der Waals surface area contributed by atoms with Crippen LogP contribution in [0.2, 0.25) is 10.0 Å². The van der Waals surface area contributed by atoms with E-state index in [1.54, 1.807) is 43.9 Å². The summed E-state index contributed by atoms with van der Waals surface area (Å²) in [5, 5.41) is 67.9. The van der Waals surface area contributed by atoms with Crippen molar-refractivity contribution >= 4 is 70.7 Å². The minimum absolute atomic E-state index is 0. The second-order valence-electron chi connectivity index (χ2n) is 16.5. The van der Waals surface area contributed by atoms with Crippen molar-refractivity contribution in [2.24, 2.45) is 0 Å². The summed E-state index contributed by atoms with van der Waals surface area (Å²) in [7, 11) is 0. The van der Waals surface area contributed by atoms with Crippen LogP contribution in [0, 0.1) is 6.54 Å². The Kier molecular flexibility index (Phi) is 26.9. The van der Waals surface area contributed by atoms with Crippen LogP contribution >= 0.6 is 23.2 Å². The van der Waals surface area contributed by atoms with Crippen LogP contribution in [0.15, 0.2) is 54.6 Å². The molecule has 3 aromatic carbocycles. The minimum Gasteiger partial charge on any atom is -0.508 e. The number of carbonyl (C=O) groups excluding carboxylic acids is 4. The maximum Gasteiger partial charge on any atom is 0.320 e. The van der Waals surface area contributed by atoms with Gasteiger partial charge in [0.15, 0.2) is 0 Å². The first-order valence-corrected chi connectivity index (χ1v) is 23.6. The third-order valence-electron chi connectivity index (χ3n) is 11.0. The molecule has 0 aliphatic carbocycles. The van der Waals surface area contributed by atoms with E-state index in [0.29, 0.717) is 11.3 Å². The molecule has 0 spiro atoms. The molecule has 0 bridgehead atoms. The van der Waals surface area contributed by atoms with Gasteiger partial charge < -0.3 is 61.4 Å². The number of benzene rings is 3.